The van der Waals surface area contributed by atoms with E-state index in [1.165, 1.54) is 4.31 Å². The Morgan fingerprint density at radius 1 is 1.29 bits per heavy atom. The van der Waals surface area contributed by atoms with E-state index in [4.69, 9.17) is 0 Å². The van der Waals surface area contributed by atoms with E-state index in [0.717, 1.165) is 11.3 Å². The van der Waals surface area contributed by atoms with Crippen molar-refractivity contribution >= 4 is 15.9 Å². The minimum Gasteiger partial charge on any atom is -0.359 e. The quantitative estimate of drug-likeness (QED) is 0.896. The van der Waals surface area contributed by atoms with E-state index in [9.17, 15) is 13.2 Å². The first kappa shape index (κ1) is 16.7. The Kier molecular flexibility index (Phi) is 4.42. The third-order valence-electron chi connectivity index (χ3n) is 4.21. The maximum absolute atomic E-state index is 12.9. The highest BCUT2D eigenvalue weighted by Gasteiger charge is 2.34. The summed E-state index contributed by atoms with van der Waals surface area (Å²) in [7, 11) is -2.05. The topological polar surface area (TPSA) is 84.3 Å². The summed E-state index contributed by atoms with van der Waals surface area (Å²) < 4.78 is 29.0. The van der Waals surface area contributed by atoms with E-state index in [2.05, 4.69) is 10.4 Å². The van der Waals surface area contributed by atoms with Crippen molar-refractivity contribution in [1.82, 2.24) is 19.4 Å². The molecule has 8 heteroatoms. The molecule has 24 heavy (non-hydrogen) atoms. The van der Waals surface area contributed by atoms with Gasteiger partial charge in [0.2, 0.25) is 15.9 Å². The molecule has 0 radical (unpaired) electrons. The number of carbonyl (C=O) groups excluding carboxylic acids is 1. The minimum atomic E-state index is -3.61. The fourth-order valence-electron chi connectivity index (χ4n) is 2.86. The molecule has 1 atom stereocenters. The minimum absolute atomic E-state index is 0.143. The van der Waals surface area contributed by atoms with E-state index in [-0.39, 0.29) is 36.4 Å². The molecule has 1 amide bonds. The monoisotopic (exact) mass is 348 g/mol. The number of aryl methyl sites for hydroxylation is 1. The molecule has 1 aromatic heterocycles. The lowest BCUT2D eigenvalue weighted by Gasteiger charge is -2.32. The summed E-state index contributed by atoms with van der Waals surface area (Å²) in [5.41, 5.74) is 1.79. The molecule has 3 rings (SSSR count). The largest absolute Gasteiger partial charge is 0.359 e. The van der Waals surface area contributed by atoms with Crippen molar-refractivity contribution in [3.8, 4) is 0 Å². The number of benzene rings is 1. The number of amides is 1. The summed E-state index contributed by atoms with van der Waals surface area (Å²) in [6.45, 7) is 2.38. The molecule has 128 valence electrons. The van der Waals surface area contributed by atoms with Crippen molar-refractivity contribution in [1.29, 1.82) is 0 Å². The molecule has 1 aliphatic heterocycles. The van der Waals surface area contributed by atoms with Crippen LogP contribution in [0.1, 0.15) is 23.7 Å². The summed E-state index contributed by atoms with van der Waals surface area (Å²) in [4.78, 5) is 12.0. The maximum Gasteiger partial charge on any atom is 0.243 e. The smallest absolute Gasteiger partial charge is 0.243 e. The van der Waals surface area contributed by atoms with Crippen molar-refractivity contribution in [2.45, 2.75) is 30.8 Å². The average molecular weight is 348 g/mol. The maximum atomic E-state index is 12.9. The molecule has 0 saturated heterocycles. The Balaban J connectivity index is 1.92. The summed E-state index contributed by atoms with van der Waals surface area (Å²) in [5, 5.41) is 6.82. The summed E-state index contributed by atoms with van der Waals surface area (Å²) >= 11 is 0. The van der Waals surface area contributed by atoms with Crippen LogP contribution in [-0.4, -0.2) is 42.0 Å². The van der Waals surface area contributed by atoms with Crippen LogP contribution in [0.25, 0.3) is 0 Å². The number of hydrogen-bond donors (Lipinski definition) is 1. The molecule has 0 aliphatic carbocycles. The van der Waals surface area contributed by atoms with E-state index < -0.39 is 10.0 Å². The second kappa shape index (κ2) is 6.37. The Morgan fingerprint density at radius 2 is 2.00 bits per heavy atom. The molecule has 0 fully saturated rings. The molecule has 1 unspecified atom stereocenters. The third kappa shape index (κ3) is 3.07. The summed E-state index contributed by atoms with van der Waals surface area (Å²) in [6, 6.07) is 8.26. The second-order valence-electron chi connectivity index (χ2n) is 5.91. The van der Waals surface area contributed by atoms with Gasteiger partial charge in [0.1, 0.15) is 0 Å². The van der Waals surface area contributed by atoms with Gasteiger partial charge in [-0.3, -0.25) is 9.48 Å². The van der Waals surface area contributed by atoms with Crippen LogP contribution in [-0.2, 0) is 21.4 Å². The van der Waals surface area contributed by atoms with Gasteiger partial charge in [-0.15, -0.1) is 0 Å². The van der Waals surface area contributed by atoms with Crippen molar-refractivity contribution in [3.05, 3.63) is 47.8 Å². The molecule has 2 heterocycles. The van der Waals surface area contributed by atoms with Crippen LogP contribution in [0.15, 0.2) is 41.4 Å². The van der Waals surface area contributed by atoms with Crippen LogP contribution >= 0.6 is 0 Å². The number of hydrogen-bond acceptors (Lipinski definition) is 4. The van der Waals surface area contributed by atoms with Gasteiger partial charge in [0.05, 0.1) is 29.6 Å². The predicted octanol–water partition coefficient (Wildman–Crippen LogP) is 1.07. The number of aromatic nitrogens is 2. The molecule has 7 nitrogen and oxygen atoms in total. The van der Waals surface area contributed by atoms with Gasteiger partial charge in [-0.1, -0.05) is 17.7 Å². The molecule has 2 aromatic rings. The fourth-order valence-corrected chi connectivity index (χ4v) is 4.31. The lowest BCUT2D eigenvalue weighted by molar-refractivity contribution is -0.121. The normalized spacial score (nSPS) is 18.2. The molecule has 1 aliphatic rings. The number of nitrogens with zero attached hydrogens (tertiary/aromatic N) is 3. The zero-order chi connectivity index (χ0) is 17.3. The molecule has 0 spiro atoms. The van der Waals surface area contributed by atoms with Gasteiger partial charge < -0.3 is 5.32 Å². The Morgan fingerprint density at radius 3 is 2.67 bits per heavy atom. The van der Waals surface area contributed by atoms with Crippen LogP contribution in [0.2, 0.25) is 0 Å². The molecule has 1 N–H and O–H groups in total. The Bertz CT molecular complexity index is 842. The number of sulfonamides is 1. The van der Waals surface area contributed by atoms with Gasteiger partial charge in [0.25, 0.3) is 0 Å². The van der Waals surface area contributed by atoms with Crippen LogP contribution in [0, 0.1) is 6.92 Å². The van der Waals surface area contributed by atoms with Crippen molar-refractivity contribution in [2.24, 2.45) is 0 Å². The third-order valence-corrected chi connectivity index (χ3v) is 6.04. The van der Waals surface area contributed by atoms with Crippen molar-refractivity contribution in [2.75, 3.05) is 13.6 Å². The van der Waals surface area contributed by atoms with Gasteiger partial charge in [0, 0.05) is 19.8 Å². The van der Waals surface area contributed by atoms with Crippen LogP contribution in [0.3, 0.4) is 0 Å². The van der Waals surface area contributed by atoms with Gasteiger partial charge >= 0.3 is 0 Å². The first-order valence-electron chi connectivity index (χ1n) is 7.71. The van der Waals surface area contributed by atoms with Crippen LogP contribution < -0.4 is 5.32 Å². The summed E-state index contributed by atoms with van der Waals surface area (Å²) in [5.74, 6) is -0.143. The van der Waals surface area contributed by atoms with E-state index in [0.29, 0.717) is 0 Å². The average Bonchev–Trinajstić information content (AvgIpc) is 3.04. The molecule has 1 aromatic carbocycles. The summed E-state index contributed by atoms with van der Waals surface area (Å²) in [6.07, 6.45) is 1.82. The Hall–Kier alpha value is -2.19. The van der Waals surface area contributed by atoms with Gasteiger partial charge in [-0.05, 0) is 25.1 Å². The van der Waals surface area contributed by atoms with E-state index >= 15 is 0 Å². The lowest BCUT2D eigenvalue weighted by Crippen LogP contribution is -2.42. The van der Waals surface area contributed by atoms with E-state index in [1.807, 2.05) is 6.92 Å². The number of rotatable bonds is 4. The molecule has 0 saturated carbocycles. The van der Waals surface area contributed by atoms with Gasteiger partial charge in [-0.25, -0.2) is 8.42 Å². The first-order chi connectivity index (χ1) is 11.4. The number of carbonyl (C=O) groups is 1. The highest BCUT2D eigenvalue weighted by molar-refractivity contribution is 7.89. The van der Waals surface area contributed by atoms with Crippen molar-refractivity contribution in [3.63, 3.8) is 0 Å². The highest BCUT2D eigenvalue weighted by atomic mass is 32.2. The SMILES string of the molecule is CNC(=O)CC1CN(S(=O)(=O)c2ccc(C)cc2)Cc2ccnn21. The molecule has 0 bridgehead atoms. The van der Waals surface area contributed by atoms with Crippen LogP contribution in [0.5, 0.6) is 0 Å². The second-order valence-corrected chi connectivity index (χ2v) is 7.85. The predicted molar refractivity (Wildman–Crippen MR) is 88.7 cm³/mol. The first-order valence-corrected chi connectivity index (χ1v) is 9.15. The lowest BCUT2D eigenvalue weighted by atomic mass is 10.1. The highest BCUT2D eigenvalue weighted by Crippen LogP contribution is 2.28. The zero-order valence-electron chi connectivity index (χ0n) is 13.6. The standard InChI is InChI=1S/C16H20N4O3S/c1-12-3-5-15(6-4-12)24(22,23)19-10-13-7-8-18-20(13)14(11-19)9-16(21)17-2/h3-8,14H,9-11H2,1-2H3,(H,17,21). The fraction of sp³-hybridized carbons (Fsp3) is 0.375. The molecular formula is C16H20N4O3S. The van der Waals surface area contributed by atoms with Gasteiger partial charge in [-0.2, -0.15) is 9.40 Å². The van der Waals surface area contributed by atoms with Crippen molar-refractivity contribution < 1.29 is 13.2 Å². The number of nitrogens with one attached hydrogen (secondary N) is 1. The number of fused-ring (bicyclic) bond motifs is 1. The Labute approximate surface area is 141 Å². The van der Waals surface area contributed by atoms with Gasteiger partial charge in [0.15, 0.2) is 0 Å². The molecular weight excluding hydrogens is 328 g/mol. The van der Waals surface area contributed by atoms with Crippen LogP contribution in [0.4, 0.5) is 0 Å². The van der Waals surface area contributed by atoms with E-state index in [1.54, 1.807) is 48.3 Å². The zero-order valence-corrected chi connectivity index (χ0v) is 14.5.